The summed E-state index contributed by atoms with van der Waals surface area (Å²) >= 11 is 11.9. The highest BCUT2D eigenvalue weighted by Gasteiger charge is 2.33. The van der Waals surface area contributed by atoms with E-state index >= 15 is 0 Å². The van der Waals surface area contributed by atoms with Crippen LogP contribution in [0.4, 0.5) is 18.9 Å². The van der Waals surface area contributed by atoms with Gasteiger partial charge in [0.25, 0.3) is 0 Å². The van der Waals surface area contributed by atoms with Gasteiger partial charge in [-0.05, 0) is 48.7 Å². The number of nitrogens with one attached hydrogen (secondary N) is 2. The van der Waals surface area contributed by atoms with E-state index in [4.69, 9.17) is 28.6 Å². The second-order valence-electron chi connectivity index (χ2n) is 6.49. The van der Waals surface area contributed by atoms with Gasteiger partial charge in [-0.2, -0.15) is 17.5 Å². The second kappa shape index (κ2) is 8.93. The van der Waals surface area contributed by atoms with Gasteiger partial charge < -0.3 is 5.32 Å². The van der Waals surface area contributed by atoms with E-state index in [0.29, 0.717) is 34.2 Å². The molecule has 2 N–H and O–H groups in total. The molecule has 0 aliphatic carbocycles. The van der Waals surface area contributed by atoms with Crippen LogP contribution < -0.4 is 5.32 Å². The zero-order valence-corrected chi connectivity index (χ0v) is 18.3. The van der Waals surface area contributed by atoms with Crippen molar-refractivity contribution in [2.24, 2.45) is 4.36 Å². The molecular formula is C19H20Cl2F3N3OS. The Morgan fingerprint density at radius 2 is 1.86 bits per heavy atom. The van der Waals surface area contributed by atoms with E-state index in [1.807, 2.05) is 0 Å². The van der Waals surface area contributed by atoms with Crippen LogP contribution in [0.2, 0.25) is 10.0 Å². The van der Waals surface area contributed by atoms with Crippen molar-refractivity contribution in [3.8, 4) is 0 Å². The molecule has 158 valence electrons. The van der Waals surface area contributed by atoms with Gasteiger partial charge in [-0.25, -0.2) is 4.21 Å². The Morgan fingerprint density at radius 1 is 1.21 bits per heavy atom. The first-order valence-corrected chi connectivity index (χ1v) is 11.2. The Balaban J connectivity index is 2.47. The van der Waals surface area contributed by atoms with E-state index in [0.717, 1.165) is 17.7 Å². The summed E-state index contributed by atoms with van der Waals surface area (Å²) in [4.78, 5) is 0.346. The molecule has 0 spiro atoms. The second-order valence-corrected chi connectivity index (χ2v) is 9.54. The Bertz CT molecular complexity index is 1060. The van der Waals surface area contributed by atoms with E-state index in [-0.39, 0.29) is 5.69 Å². The summed E-state index contributed by atoms with van der Waals surface area (Å²) in [5.74, 6) is 0.361. The van der Waals surface area contributed by atoms with E-state index in [2.05, 4.69) is 9.68 Å². The predicted molar refractivity (Wildman–Crippen MR) is 112 cm³/mol. The van der Waals surface area contributed by atoms with Crippen molar-refractivity contribution in [1.29, 1.82) is 5.41 Å². The summed E-state index contributed by atoms with van der Waals surface area (Å²) < 4.78 is 56.5. The highest BCUT2D eigenvalue weighted by atomic mass is 35.5. The molecule has 1 unspecified atom stereocenters. The van der Waals surface area contributed by atoms with Crippen LogP contribution in [-0.2, 0) is 22.3 Å². The van der Waals surface area contributed by atoms with Gasteiger partial charge in [0.05, 0.1) is 36.7 Å². The van der Waals surface area contributed by atoms with Gasteiger partial charge >= 0.3 is 6.18 Å². The molecule has 0 radical (unpaired) electrons. The molecule has 29 heavy (non-hydrogen) atoms. The minimum absolute atomic E-state index is 0.0868. The molecule has 0 amide bonds. The molecule has 10 heteroatoms. The first-order chi connectivity index (χ1) is 13.3. The molecule has 2 aromatic carbocycles. The predicted octanol–water partition coefficient (Wildman–Crippen LogP) is 6.24. The third-order valence-electron chi connectivity index (χ3n) is 4.23. The van der Waals surface area contributed by atoms with Gasteiger partial charge in [0.1, 0.15) is 0 Å². The number of amidine groups is 1. The largest absolute Gasteiger partial charge is 0.417 e. The maximum absolute atomic E-state index is 13.2. The van der Waals surface area contributed by atoms with Crippen LogP contribution in [0.3, 0.4) is 0 Å². The van der Waals surface area contributed by atoms with Gasteiger partial charge in [-0.1, -0.05) is 29.3 Å². The zero-order valence-electron chi connectivity index (χ0n) is 16.0. The third kappa shape index (κ3) is 5.87. The Labute approximate surface area is 178 Å². The lowest BCUT2D eigenvalue weighted by Gasteiger charge is -2.14. The molecule has 0 fully saturated rings. The van der Waals surface area contributed by atoms with E-state index in [1.54, 1.807) is 20.0 Å². The normalized spacial score (nSPS) is 13.7. The van der Waals surface area contributed by atoms with Gasteiger partial charge in [-0.3, -0.25) is 5.41 Å². The Kier molecular flexibility index (Phi) is 7.24. The number of alkyl halides is 3. The average molecular weight is 466 g/mol. The molecular weight excluding hydrogens is 446 g/mol. The maximum atomic E-state index is 13.2. The van der Waals surface area contributed by atoms with E-state index < -0.39 is 26.5 Å². The SMILES string of the molecule is CNC(=N)CCc1cc(C)c(S(C)(=O)=Nc2ccc(Cl)c(C(F)(F)F)c2)cc1Cl. The van der Waals surface area contributed by atoms with Crippen molar-refractivity contribution in [2.45, 2.75) is 30.8 Å². The number of rotatable bonds is 5. The highest BCUT2D eigenvalue weighted by molar-refractivity contribution is 7.93. The molecule has 0 aliphatic rings. The molecule has 0 aromatic heterocycles. The van der Waals surface area contributed by atoms with Crippen molar-refractivity contribution in [3.05, 3.63) is 57.1 Å². The summed E-state index contributed by atoms with van der Waals surface area (Å²) in [6.07, 6.45) is -2.30. The molecule has 0 saturated heterocycles. The number of aryl methyl sites for hydroxylation is 2. The lowest BCUT2D eigenvalue weighted by Crippen LogP contribution is -2.17. The summed E-state index contributed by atoms with van der Waals surface area (Å²) in [5.41, 5.74) is 0.319. The number of hydrogen-bond donors (Lipinski definition) is 2. The number of benzene rings is 2. The molecule has 1 atom stereocenters. The van der Waals surface area contributed by atoms with Crippen molar-refractivity contribution < 1.29 is 17.4 Å². The minimum atomic E-state index is -4.64. The Morgan fingerprint density at radius 3 is 2.45 bits per heavy atom. The molecule has 4 nitrogen and oxygen atoms in total. The van der Waals surface area contributed by atoms with Crippen molar-refractivity contribution >= 4 is 44.5 Å². The smallest absolute Gasteiger partial charge is 0.377 e. The summed E-state index contributed by atoms with van der Waals surface area (Å²) in [7, 11) is -1.41. The molecule has 0 saturated carbocycles. The van der Waals surface area contributed by atoms with Crippen LogP contribution >= 0.6 is 23.2 Å². The van der Waals surface area contributed by atoms with Gasteiger partial charge in [0.2, 0.25) is 0 Å². The van der Waals surface area contributed by atoms with Crippen LogP contribution in [0.25, 0.3) is 0 Å². The lowest BCUT2D eigenvalue weighted by molar-refractivity contribution is -0.137. The van der Waals surface area contributed by atoms with Crippen LogP contribution in [0.5, 0.6) is 0 Å². The minimum Gasteiger partial charge on any atom is -0.377 e. The van der Waals surface area contributed by atoms with Crippen molar-refractivity contribution in [3.63, 3.8) is 0 Å². The maximum Gasteiger partial charge on any atom is 0.417 e. The van der Waals surface area contributed by atoms with Crippen molar-refractivity contribution in [2.75, 3.05) is 13.3 Å². The summed E-state index contributed by atoms with van der Waals surface area (Å²) in [5, 5.41) is 10.3. The van der Waals surface area contributed by atoms with E-state index in [9.17, 15) is 17.4 Å². The number of hydrogen-bond acceptors (Lipinski definition) is 3. The Hall–Kier alpha value is -1.77. The molecule has 0 bridgehead atoms. The first kappa shape index (κ1) is 23.5. The molecule has 0 aliphatic heterocycles. The molecule has 2 rings (SSSR count). The molecule has 0 heterocycles. The highest BCUT2D eigenvalue weighted by Crippen LogP contribution is 2.37. The number of halogens is 5. The van der Waals surface area contributed by atoms with Crippen molar-refractivity contribution in [1.82, 2.24) is 5.32 Å². The standard InChI is InChI=1S/C19H20Cl2F3N3OS/c1-11-8-12(4-7-18(25)26-2)16(21)10-17(11)29(3,28)27-13-5-6-15(20)14(9-13)19(22,23)24/h5-6,8-10H,4,7H2,1-3H3,(H2,25,26). The fourth-order valence-electron chi connectivity index (χ4n) is 2.74. The monoisotopic (exact) mass is 465 g/mol. The fraction of sp³-hybridized carbons (Fsp3) is 0.316. The number of nitrogens with zero attached hydrogens (tertiary/aromatic N) is 1. The fourth-order valence-corrected chi connectivity index (χ4v) is 4.90. The third-order valence-corrected chi connectivity index (χ3v) is 6.73. The summed E-state index contributed by atoms with van der Waals surface area (Å²) in [6, 6.07) is 6.44. The topological polar surface area (TPSA) is 65.3 Å². The lowest BCUT2D eigenvalue weighted by atomic mass is 10.1. The van der Waals surface area contributed by atoms with Crippen LogP contribution in [-0.4, -0.2) is 23.3 Å². The van der Waals surface area contributed by atoms with Gasteiger partial charge in [0.15, 0.2) is 0 Å². The zero-order chi connectivity index (χ0) is 22.0. The molecule has 2 aromatic rings. The summed E-state index contributed by atoms with van der Waals surface area (Å²) in [6.45, 7) is 1.74. The average Bonchev–Trinajstić information content (AvgIpc) is 2.62. The van der Waals surface area contributed by atoms with Gasteiger partial charge in [0, 0.05) is 24.7 Å². The van der Waals surface area contributed by atoms with Crippen LogP contribution in [0, 0.1) is 12.3 Å². The quantitative estimate of drug-likeness (QED) is 0.405. The first-order valence-electron chi connectivity index (χ1n) is 8.48. The van der Waals surface area contributed by atoms with Crippen LogP contribution in [0.1, 0.15) is 23.1 Å². The van der Waals surface area contributed by atoms with Gasteiger partial charge in [-0.15, -0.1) is 0 Å². The van der Waals surface area contributed by atoms with Crippen LogP contribution in [0.15, 0.2) is 39.6 Å². The van der Waals surface area contributed by atoms with E-state index in [1.165, 1.54) is 18.4 Å².